The Balaban J connectivity index is 1.68. The van der Waals surface area contributed by atoms with Crippen LogP contribution in [0.4, 0.5) is 5.69 Å². The summed E-state index contributed by atoms with van der Waals surface area (Å²) in [5.74, 6) is 0. The SMILES string of the molecule is Nc1cnn(CCn2cc(-c3ccccc3)cn2)c1. The Morgan fingerprint density at radius 2 is 1.53 bits per heavy atom. The van der Waals surface area contributed by atoms with Gasteiger partial charge in [0.1, 0.15) is 0 Å². The van der Waals surface area contributed by atoms with Gasteiger partial charge in [-0.15, -0.1) is 0 Å². The monoisotopic (exact) mass is 253 g/mol. The molecule has 1 aromatic carbocycles. The topological polar surface area (TPSA) is 61.7 Å². The summed E-state index contributed by atoms with van der Waals surface area (Å²) in [5.41, 5.74) is 8.61. The number of hydrogen-bond donors (Lipinski definition) is 1. The van der Waals surface area contributed by atoms with E-state index in [-0.39, 0.29) is 0 Å². The number of aryl methyl sites for hydroxylation is 2. The van der Waals surface area contributed by atoms with Crippen LogP contribution in [0, 0.1) is 0 Å². The third-order valence-electron chi connectivity index (χ3n) is 2.95. The molecule has 0 aliphatic rings. The van der Waals surface area contributed by atoms with Crippen molar-refractivity contribution in [1.29, 1.82) is 0 Å². The van der Waals surface area contributed by atoms with Gasteiger partial charge in [0, 0.05) is 18.0 Å². The van der Waals surface area contributed by atoms with Crippen LogP contribution >= 0.6 is 0 Å². The maximum Gasteiger partial charge on any atom is 0.0719 e. The van der Waals surface area contributed by atoms with Crippen LogP contribution < -0.4 is 5.73 Å². The normalized spacial score (nSPS) is 10.7. The molecule has 19 heavy (non-hydrogen) atoms. The summed E-state index contributed by atoms with van der Waals surface area (Å²) in [4.78, 5) is 0. The molecule has 0 unspecified atom stereocenters. The van der Waals surface area contributed by atoms with Gasteiger partial charge in [0.25, 0.3) is 0 Å². The molecule has 2 aromatic heterocycles. The number of nitrogens with zero attached hydrogens (tertiary/aromatic N) is 4. The number of nitrogen functional groups attached to an aromatic ring is 1. The first-order valence-corrected chi connectivity index (χ1v) is 6.17. The molecule has 5 nitrogen and oxygen atoms in total. The van der Waals surface area contributed by atoms with Crippen LogP contribution in [0.25, 0.3) is 11.1 Å². The lowest BCUT2D eigenvalue weighted by Gasteiger charge is -2.01. The maximum atomic E-state index is 5.62. The first-order valence-electron chi connectivity index (χ1n) is 6.17. The number of nitrogens with two attached hydrogens (primary N) is 1. The molecular weight excluding hydrogens is 238 g/mol. The zero-order valence-electron chi connectivity index (χ0n) is 10.5. The van der Waals surface area contributed by atoms with Gasteiger partial charge < -0.3 is 5.73 Å². The fourth-order valence-corrected chi connectivity index (χ4v) is 1.97. The highest BCUT2D eigenvalue weighted by Gasteiger charge is 2.01. The molecule has 0 radical (unpaired) electrons. The predicted molar refractivity (Wildman–Crippen MR) is 74.3 cm³/mol. The smallest absolute Gasteiger partial charge is 0.0719 e. The summed E-state index contributed by atoms with van der Waals surface area (Å²) in [6, 6.07) is 10.2. The van der Waals surface area contributed by atoms with Crippen molar-refractivity contribution in [2.24, 2.45) is 0 Å². The van der Waals surface area contributed by atoms with E-state index >= 15 is 0 Å². The van der Waals surface area contributed by atoms with E-state index in [1.165, 1.54) is 5.56 Å². The molecule has 2 heterocycles. The number of hydrogen-bond acceptors (Lipinski definition) is 3. The minimum Gasteiger partial charge on any atom is -0.396 e. The molecule has 2 N–H and O–H groups in total. The summed E-state index contributed by atoms with van der Waals surface area (Å²) >= 11 is 0. The van der Waals surface area contributed by atoms with Gasteiger partial charge in [-0.25, -0.2) is 0 Å². The molecule has 0 saturated carbocycles. The Labute approximate surface area is 111 Å². The standard InChI is InChI=1S/C14H15N5/c15-14-9-17-19(11-14)7-6-18-10-13(8-16-18)12-4-2-1-3-5-12/h1-5,8-11H,6-7,15H2. The summed E-state index contributed by atoms with van der Waals surface area (Å²) in [6.45, 7) is 1.53. The molecule has 5 heteroatoms. The van der Waals surface area contributed by atoms with Crippen molar-refractivity contribution < 1.29 is 0 Å². The molecule has 0 aliphatic carbocycles. The molecule has 0 spiro atoms. The molecule has 0 bridgehead atoms. The van der Waals surface area contributed by atoms with Crippen molar-refractivity contribution in [3.63, 3.8) is 0 Å². The fraction of sp³-hybridized carbons (Fsp3) is 0.143. The van der Waals surface area contributed by atoms with Gasteiger partial charge in [-0.2, -0.15) is 10.2 Å². The Hall–Kier alpha value is -2.56. The molecule has 96 valence electrons. The van der Waals surface area contributed by atoms with Crippen LogP contribution in [-0.4, -0.2) is 19.6 Å². The molecule has 0 atom stereocenters. The van der Waals surface area contributed by atoms with Crippen molar-refractivity contribution in [2.75, 3.05) is 5.73 Å². The zero-order chi connectivity index (χ0) is 13.1. The van der Waals surface area contributed by atoms with Crippen molar-refractivity contribution in [1.82, 2.24) is 19.6 Å². The first kappa shape index (κ1) is 11.5. The molecular formula is C14H15N5. The largest absolute Gasteiger partial charge is 0.396 e. The van der Waals surface area contributed by atoms with Crippen LogP contribution in [-0.2, 0) is 13.1 Å². The predicted octanol–water partition coefficient (Wildman–Crippen LogP) is 2.03. The van der Waals surface area contributed by atoms with Crippen molar-refractivity contribution in [3.8, 4) is 11.1 Å². The first-order chi connectivity index (χ1) is 9.31. The van der Waals surface area contributed by atoms with Crippen LogP contribution in [0.3, 0.4) is 0 Å². The number of aromatic nitrogens is 4. The lowest BCUT2D eigenvalue weighted by atomic mass is 10.1. The van der Waals surface area contributed by atoms with E-state index in [1.807, 2.05) is 46.2 Å². The molecule has 0 aliphatic heterocycles. The van der Waals surface area contributed by atoms with Gasteiger partial charge in [-0.3, -0.25) is 9.36 Å². The van der Waals surface area contributed by atoms with E-state index in [2.05, 4.69) is 22.3 Å². The van der Waals surface area contributed by atoms with E-state index in [1.54, 1.807) is 6.20 Å². The van der Waals surface area contributed by atoms with Crippen LogP contribution in [0.15, 0.2) is 55.1 Å². The summed E-state index contributed by atoms with van der Waals surface area (Å²) < 4.78 is 3.74. The van der Waals surface area contributed by atoms with E-state index in [0.29, 0.717) is 5.69 Å². The molecule has 3 rings (SSSR count). The van der Waals surface area contributed by atoms with Gasteiger partial charge in [0.2, 0.25) is 0 Å². The Morgan fingerprint density at radius 1 is 0.842 bits per heavy atom. The fourth-order valence-electron chi connectivity index (χ4n) is 1.97. The molecule has 0 saturated heterocycles. The van der Waals surface area contributed by atoms with Gasteiger partial charge in [-0.05, 0) is 5.56 Å². The maximum absolute atomic E-state index is 5.62. The highest BCUT2D eigenvalue weighted by Crippen LogP contribution is 2.17. The quantitative estimate of drug-likeness (QED) is 0.773. The van der Waals surface area contributed by atoms with Crippen molar-refractivity contribution in [3.05, 3.63) is 55.1 Å². The summed E-state index contributed by atoms with van der Waals surface area (Å²) in [5, 5.41) is 8.51. The van der Waals surface area contributed by atoms with Gasteiger partial charge in [-0.1, -0.05) is 30.3 Å². The highest BCUT2D eigenvalue weighted by atomic mass is 15.3. The van der Waals surface area contributed by atoms with Crippen molar-refractivity contribution in [2.45, 2.75) is 13.1 Å². The minimum absolute atomic E-state index is 0.686. The third kappa shape index (κ3) is 2.65. The van der Waals surface area contributed by atoms with Crippen LogP contribution in [0.1, 0.15) is 0 Å². The number of anilines is 1. The van der Waals surface area contributed by atoms with E-state index < -0.39 is 0 Å². The Bertz CT molecular complexity index is 653. The van der Waals surface area contributed by atoms with Gasteiger partial charge in [0.15, 0.2) is 0 Å². The highest BCUT2D eigenvalue weighted by molar-refractivity contribution is 5.61. The van der Waals surface area contributed by atoms with Crippen LogP contribution in [0.5, 0.6) is 0 Å². The second kappa shape index (κ2) is 4.97. The lowest BCUT2D eigenvalue weighted by Crippen LogP contribution is -2.07. The Morgan fingerprint density at radius 3 is 2.21 bits per heavy atom. The van der Waals surface area contributed by atoms with Gasteiger partial charge >= 0.3 is 0 Å². The number of rotatable bonds is 4. The van der Waals surface area contributed by atoms with E-state index in [9.17, 15) is 0 Å². The molecule has 0 fully saturated rings. The number of benzene rings is 1. The summed E-state index contributed by atoms with van der Waals surface area (Å²) in [7, 11) is 0. The van der Waals surface area contributed by atoms with E-state index in [4.69, 9.17) is 5.73 Å². The average Bonchev–Trinajstić information content (AvgIpc) is 3.06. The average molecular weight is 253 g/mol. The second-order valence-electron chi connectivity index (χ2n) is 4.39. The minimum atomic E-state index is 0.686. The third-order valence-corrected chi connectivity index (χ3v) is 2.95. The van der Waals surface area contributed by atoms with Crippen LogP contribution in [0.2, 0.25) is 0 Å². The second-order valence-corrected chi connectivity index (χ2v) is 4.39. The van der Waals surface area contributed by atoms with Gasteiger partial charge in [0.05, 0.1) is 31.2 Å². The lowest BCUT2D eigenvalue weighted by molar-refractivity contribution is 0.500. The Kier molecular flexibility index (Phi) is 3.02. The van der Waals surface area contributed by atoms with E-state index in [0.717, 1.165) is 18.7 Å². The summed E-state index contributed by atoms with van der Waals surface area (Å²) in [6.07, 6.45) is 7.40. The molecule has 0 amide bonds. The zero-order valence-corrected chi connectivity index (χ0v) is 10.5. The van der Waals surface area contributed by atoms with Crippen molar-refractivity contribution >= 4 is 5.69 Å². The molecule has 3 aromatic rings.